The summed E-state index contributed by atoms with van der Waals surface area (Å²) >= 11 is 0. The average Bonchev–Trinajstić information content (AvgIpc) is 2.33. The van der Waals surface area contributed by atoms with Gasteiger partial charge < -0.3 is 15.4 Å². The number of amides is 1. The van der Waals surface area contributed by atoms with E-state index in [0.717, 1.165) is 25.3 Å². The number of carbonyl (C=O) groups is 1. The highest BCUT2D eigenvalue weighted by Crippen LogP contribution is 2.33. The zero-order valence-electron chi connectivity index (χ0n) is 11.2. The molecule has 1 heterocycles. The zero-order chi connectivity index (χ0) is 12.3. The summed E-state index contributed by atoms with van der Waals surface area (Å²) in [6.07, 6.45) is 5.42. The smallest absolute Gasteiger partial charge is 0.229 e. The third-order valence-electron chi connectivity index (χ3n) is 4.40. The van der Waals surface area contributed by atoms with E-state index in [1.54, 1.807) is 0 Å². The van der Waals surface area contributed by atoms with Crippen molar-refractivity contribution >= 4 is 18.3 Å². The van der Waals surface area contributed by atoms with Crippen LogP contribution in [0, 0.1) is 11.3 Å². The van der Waals surface area contributed by atoms with Gasteiger partial charge in [0.25, 0.3) is 0 Å². The van der Waals surface area contributed by atoms with Gasteiger partial charge in [0.05, 0.1) is 5.41 Å². The average molecular weight is 277 g/mol. The SMILES string of the molecule is CN(CC1CCC1)C(=O)C1(CN)CCOCC1.Cl. The van der Waals surface area contributed by atoms with Gasteiger partial charge in [-0.2, -0.15) is 0 Å². The van der Waals surface area contributed by atoms with E-state index in [0.29, 0.717) is 19.8 Å². The van der Waals surface area contributed by atoms with Crippen molar-refractivity contribution in [3.8, 4) is 0 Å². The maximum Gasteiger partial charge on any atom is 0.229 e. The molecule has 1 saturated heterocycles. The first-order chi connectivity index (χ1) is 8.18. The van der Waals surface area contributed by atoms with Crippen molar-refractivity contribution in [3.63, 3.8) is 0 Å². The first kappa shape index (κ1) is 15.7. The molecule has 106 valence electrons. The Morgan fingerprint density at radius 1 is 1.39 bits per heavy atom. The Hall–Kier alpha value is -0.320. The van der Waals surface area contributed by atoms with Gasteiger partial charge in [0.1, 0.15) is 0 Å². The summed E-state index contributed by atoms with van der Waals surface area (Å²) in [5.41, 5.74) is 5.50. The van der Waals surface area contributed by atoms with Gasteiger partial charge in [-0.1, -0.05) is 6.42 Å². The van der Waals surface area contributed by atoms with Crippen molar-refractivity contribution in [2.24, 2.45) is 17.1 Å². The summed E-state index contributed by atoms with van der Waals surface area (Å²) in [7, 11) is 1.92. The van der Waals surface area contributed by atoms with Crippen LogP contribution in [0.5, 0.6) is 0 Å². The second-order valence-corrected chi connectivity index (χ2v) is 5.58. The van der Waals surface area contributed by atoms with E-state index in [1.807, 2.05) is 11.9 Å². The highest BCUT2D eigenvalue weighted by atomic mass is 35.5. The second kappa shape index (κ2) is 6.73. The van der Waals surface area contributed by atoms with Gasteiger partial charge in [-0.15, -0.1) is 12.4 Å². The highest BCUT2D eigenvalue weighted by Gasteiger charge is 2.41. The van der Waals surface area contributed by atoms with Gasteiger partial charge in [0.2, 0.25) is 5.91 Å². The van der Waals surface area contributed by atoms with Crippen LogP contribution in [0.2, 0.25) is 0 Å². The van der Waals surface area contributed by atoms with Gasteiger partial charge in [0.15, 0.2) is 0 Å². The molecule has 2 N–H and O–H groups in total. The Bertz CT molecular complexity index is 276. The van der Waals surface area contributed by atoms with Crippen LogP contribution >= 0.6 is 12.4 Å². The first-order valence-corrected chi connectivity index (χ1v) is 6.71. The lowest BCUT2D eigenvalue weighted by molar-refractivity contribution is -0.146. The maximum atomic E-state index is 12.5. The normalized spacial score (nSPS) is 22.8. The number of hydrogen-bond donors (Lipinski definition) is 1. The topological polar surface area (TPSA) is 55.6 Å². The van der Waals surface area contributed by atoms with Gasteiger partial charge in [0, 0.05) is 33.4 Å². The molecule has 0 unspecified atom stereocenters. The first-order valence-electron chi connectivity index (χ1n) is 6.71. The van der Waals surface area contributed by atoms with Crippen LogP contribution in [0.1, 0.15) is 32.1 Å². The molecule has 0 atom stereocenters. The minimum atomic E-state index is -0.350. The lowest BCUT2D eigenvalue weighted by Gasteiger charge is -2.39. The Morgan fingerprint density at radius 3 is 2.44 bits per heavy atom. The fraction of sp³-hybridized carbons (Fsp3) is 0.923. The molecule has 1 amide bonds. The monoisotopic (exact) mass is 276 g/mol. The molecule has 0 bridgehead atoms. The number of halogens is 1. The molecule has 2 fully saturated rings. The van der Waals surface area contributed by atoms with Crippen LogP contribution in [-0.2, 0) is 9.53 Å². The van der Waals surface area contributed by atoms with Crippen LogP contribution in [-0.4, -0.2) is 44.2 Å². The molecular weight excluding hydrogens is 252 g/mol. The minimum absolute atomic E-state index is 0. The lowest BCUT2D eigenvalue weighted by atomic mass is 9.78. The van der Waals surface area contributed by atoms with Crippen molar-refractivity contribution in [2.75, 3.05) is 33.4 Å². The van der Waals surface area contributed by atoms with Crippen molar-refractivity contribution in [1.82, 2.24) is 4.90 Å². The Kier molecular flexibility index (Phi) is 5.89. The van der Waals surface area contributed by atoms with Crippen LogP contribution in [0.4, 0.5) is 0 Å². The summed E-state index contributed by atoms with van der Waals surface area (Å²) in [5, 5.41) is 0. The van der Waals surface area contributed by atoms with Crippen LogP contribution in [0.3, 0.4) is 0 Å². The van der Waals surface area contributed by atoms with E-state index in [1.165, 1.54) is 19.3 Å². The molecule has 2 rings (SSSR count). The Morgan fingerprint density at radius 2 is 2.00 bits per heavy atom. The van der Waals surface area contributed by atoms with Crippen molar-refractivity contribution in [3.05, 3.63) is 0 Å². The van der Waals surface area contributed by atoms with E-state index in [4.69, 9.17) is 10.5 Å². The van der Waals surface area contributed by atoms with Gasteiger partial charge in [-0.05, 0) is 31.6 Å². The van der Waals surface area contributed by atoms with E-state index in [2.05, 4.69) is 0 Å². The molecule has 0 aromatic heterocycles. The van der Waals surface area contributed by atoms with Gasteiger partial charge in [-0.25, -0.2) is 0 Å². The molecule has 5 heteroatoms. The number of nitrogens with zero attached hydrogens (tertiary/aromatic N) is 1. The van der Waals surface area contributed by atoms with E-state index >= 15 is 0 Å². The number of nitrogens with two attached hydrogens (primary N) is 1. The van der Waals surface area contributed by atoms with Gasteiger partial charge >= 0.3 is 0 Å². The van der Waals surface area contributed by atoms with Crippen LogP contribution < -0.4 is 5.73 Å². The van der Waals surface area contributed by atoms with E-state index in [-0.39, 0.29) is 23.7 Å². The van der Waals surface area contributed by atoms with E-state index in [9.17, 15) is 4.79 Å². The quantitative estimate of drug-likeness (QED) is 0.845. The summed E-state index contributed by atoms with van der Waals surface area (Å²) in [4.78, 5) is 14.4. The standard InChI is InChI=1S/C13H24N2O2.ClH/c1-15(9-11-3-2-4-11)12(16)13(10-14)5-7-17-8-6-13;/h11H,2-10,14H2,1H3;1H. The summed E-state index contributed by atoms with van der Waals surface area (Å²) in [6, 6.07) is 0. The largest absolute Gasteiger partial charge is 0.381 e. The molecule has 1 saturated carbocycles. The molecule has 4 nitrogen and oxygen atoms in total. The number of hydrogen-bond acceptors (Lipinski definition) is 3. The highest BCUT2D eigenvalue weighted by molar-refractivity contribution is 5.85. The Labute approximate surface area is 116 Å². The fourth-order valence-electron chi connectivity index (χ4n) is 2.82. The summed E-state index contributed by atoms with van der Waals surface area (Å²) in [6.45, 7) is 2.69. The molecule has 0 aromatic carbocycles. The molecule has 1 aliphatic carbocycles. The fourth-order valence-corrected chi connectivity index (χ4v) is 2.82. The van der Waals surface area contributed by atoms with E-state index < -0.39 is 0 Å². The predicted octanol–water partition coefficient (Wildman–Crippen LogP) is 1.42. The van der Waals surface area contributed by atoms with Crippen molar-refractivity contribution < 1.29 is 9.53 Å². The number of ether oxygens (including phenoxy) is 1. The summed E-state index contributed by atoms with van der Waals surface area (Å²) < 4.78 is 5.34. The van der Waals surface area contributed by atoms with Crippen LogP contribution in [0.25, 0.3) is 0 Å². The maximum absolute atomic E-state index is 12.5. The molecule has 0 radical (unpaired) electrons. The molecule has 1 aliphatic heterocycles. The molecule has 18 heavy (non-hydrogen) atoms. The Balaban J connectivity index is 0.00000162. The lowest BCUT2D eigenvalue weighted by Crippen LogP contribution is -2.51. The molecule has 0 aromatic rings. The number of carbonyl (C=O) groups excluding carboxylic acids is 1. The molecule has 2 aliphatic rings. The molecule has 0 spiro atoms. The zero-order valence-corrected chi connectivity index (χ0v) is 12.0. The van der Waals surface area contributed by atoms with Gasteiger partial charge in [-0.3, -0.25) is 4.79 Å². The predicted molar refractivity (Wildman–Crippen MR) is 73.8 cm³/mol. The number of rotatable bonds is 4. The van der Waals surface area contributed by atoms with Crippen LogP contribution in [0.15, 0.2) is 0 Å². The summed E-state index contributed by atoms with van der Waals surface area (Å²) in [5.74, 6) is 0.953. The third-order valence-corrected chi connectivity index (χ3v) is 4.40. The second-order valence-electron chi connectivity index (χ2n) is 5.58. The van der Waals surface area contributed by atoms with Crippen molar-refractivity contribution in [2.45, 2.75) is 32.1 Å². The minimum Gasteiger partial charge on any atom is -0.381 e. The molecular formula is C13H25ClN2O2. The van der Waals surface area contributed by atoms with Crippen molar-refractivity contribution in [1.29, 1.82) is 0 Å². The third kappa shape index (κ3) is 3.16.